The van der Waals surface area contributed by atoms with Crippen LogP contribution in [0.4, 0.5) is 0 Å². The van der Waals surface area contributed by atoms with Crippen molar-refractivity contribution in [2.75, 3.05) is 19.6 Å². The van der Waals surface area contributed by atoms with Gasteiger partial charge < -0.3 is 10.6 Å². The molecule has 0 rings (SSSR count). The van der Waals surface area contributed by atoms with Gasteiger partial charge >= 0.3 is 0 Å². The van der Waals surface area contributed by atoms with E-state index in [1.54, 1.807) is 4.90 Å². The normalized spacial score (nSPS) is 9.50. The van der Waals surface area contributed by atoms with Crippen LogP contribution in [0.25, 0.3) is 0 Å². The van der Waals surface area contributed by atoms with E-state index in [0.29, 0.717) is 32.5 Å². The fraction of sp³-hybridized carbons (Fsp3) is 0.800. The molecule has 0 fully saturated rings. The second kappa shape index (κ2) is 8.52. The number of nitrogens with zero attached hydrogens (tertiary/aromatic N) is 2. The Hall–Kier alpha value is -1.08. The Bertz CT molecular complexity index is 198. The zero-order chi connectivity index (χ0) is 10.8. The van der Waals surface area contributed by atoms with Crippen molar-refractivity contribution < 1.29 is 4.79 Å². The van der Waals surface area contributed by atoms with Gasteiger partial charge in [0, 0.05) is 19.5 Å². The van der Waals surface area contributed by atoms with Crippen LogP contribution < -0.4 is 5.73 Å². The summed E-state index contributed by atoms with van der Waals surface area (Å²) in [6.07, 6.45) is 2.70. The van der Waals surface area contributed by atoms with Crippen LogP contribution in [0.15, 0.2) is 0 Å². The van der Waals surface area contributed by atoms with E-state index in [0.717, 1.165) is 12.8 Å². The van der Waals surface area contributed by atoms with Crippen LogP contribution in [0.2, 0.25) is 0 Å². The molecule has 1 amide bonds. The molecule has 0 aromatic heterocycles. The van der Waals surface area contributed by atoms with Crippen molar-refractivity contribution in [2.45, 2.75) is 32.6 Å². The number of hydrogen-bond donors (Lipinski definition) is 1. The van der Waals surface area contributed by atoms with Crippen LogP contribution in [0.1, 0.15) is 32.6 Å². The molecule has 80 valence electrons. The van der Waals surface area contributed by atoms with E-state index in [1.807, 2.05) is 13.0 Å². The van der Waals surface area contributed by atoms with Crippen molar-refractivity contribution >= 4 is 5.91 Å². The van der Waals surface area contributed by atoms with Crippen molar-refractivity contribution in [3.63, 3.8) is 0 Å². The molecule has 0 aliphatic carbocycles. The Balaban J connectivity index is 3.74. The van der Waals surface area contributed by atoms with Crippen molar-refractivity contribution in [1.82, 2.24) is 4.90 Å². The summed E-state index contributed by atoms with van der Waals surface area (Å²) in [5.41, 5.74) is 5.34. The predicted molar refractivity (Wildman–Crippen MR) is 55.4 cm³/mol. The molecule has 0 saturated heterocycles. The number of nitrogens with two attached hydrogens (primary N) is 1. The Morgan fingerprint density at radius 3 is 2.71 bits per heavy atom. The number of hydrogen-bond acceptors (Lipinski definition) is 3. The monoisotopic (exact) mass is 197 g/mol. The number of rotatable bonds is 7. The quantitative estimate of drug-likeness (QED) is 0.616. The first kappa shape index (κ1) is 12.9. The second-order valence-corrected chi connectivity index (χ2v) is 3.13. The van der Waals surface area contributed by atoms with Crippen LogP contribution in [-0.2, 0) is 4.79 Å². The lowest BCUT2D eigenvalue weighted by molar-refractivity contribution is -0.131. The zero-order valence-corrected chi connectivity index (χ0v) is 8.83. The minimum Gasteiger partial charge on any atom is -0.342 e. The maximum atomic E-state index is 11.5. The predicted octanol–water partition coefficient (Wildman–Crippen LogP) is 0.878. The van der Waals surface area contributed by atoms with Crippen molar-refractivity contribution in [3.05, 3.63) is 0 Å². The molecule has 0 aliphatic rings. The lowest BCUT2D eigenvalue weighted by atomic mass is 10.2. The summed E-state index contributed by atoms with van der Waals surface area (Å²) in [4.78, 5) is 13.3. The Kier molecular flexibility index (Phi) is 7.86. The number of amides is 1. The first-order valence-corrected chi connectivity index (χ1v) is 5.11. The molecule has 0 heterocycles. The van der Waals surface area contributed by atoms with Crippen molar-refractivity contribution in [1.29, 1.82) is 5.26 Å². The summed E-state index contributed by atoms with van der Waals surface area (Å²) in [6, 6.07) is 2.04. The van der Waals surface area contributed by atoms with Gasteiger partial charge in [0.2, 0.25) is 5.91 Å². The molecule has 0 unspecified atom stereocenters. The van der Waals surface area contributed by atoms with E-state index in [9.17, 15) is 4.79 Å². The fourth-order valence-electron chi connectivity index (χ4n) is 1.22. The summed E-state index contributed by atoms with van der Waals surface area (Å²) in [6.45, 7) is 3.80. The highest BCUT2D eigenvalue weighted by molar-refractivity contribution is 5.76. The third-order valence-electron chi connectivity index (χ3n) is 2.07. The summed E-state index contributed by atoms with van der Waals surface area (Å²) < 4.78 is 0. The standard InChI is InChI=1S/C10H19N3O/c1-2-13(9-5-8-12)10(14)6-3-4-7-11/h2-7,9,11H2,1H3. The van der Waals surface area contributed by atoms with E-state index in [2.05, 4.69) is 0 Å². The highest BCUT2D eigenvalue weighted by Gasteiger charge is 2.09. The maximum absolute atomic E-state index is 11.5. The number of unbranched alkanes of at least 4 members (excludes halogenated alkanes) is 1. The van der Waals surface area contributed by atoms with E-state index in [-0.39, 0.29) is 5.91 Å². The number of carbonyl (C=O) groups excluding carboxylic acids is 1. The molecular weight excluding hydrogens is 178 g/mol. The largest absolute Gasteiger partial charge is 0.342 e. The topological polar surface area (TPSA) is 70.1 Å². The smallest absolute Gasteiger partial charge is 0.222 e. The molecule has 0 atom stereocenters. The molecule has 0 saturated carbocycles. The highest BCUT2D eigenvalue weighted by atomic mass is 16.2. The van der Waals surface area contributed by atoms with E-state index in [1.165, 1.54) is 0 Å². The van der Waals surface area contributed by atoms with Gasteiger partial charge in [-0.15, -0.1) is 0 Å². The van der Waals surface area contributed by atoms with Gasteiger partial charge in [-0.3, -0.25) is 4.79 Å². The van der Waals surface area contributed by atoms with Crippen LogP contribution >= 0.6 is 0 Å². The van der Waals surface area contributed by atoms with Gasteiger partial charge in [0.15, 0.2) is 0 Å². The molecule has 0 radical (unpaired) electrons. The minimum absolute atomic E-state index is 0.135. The zero-order valence-electron chi connectivity index (χ0n) is 8.83. The molecule has 2 N–H and O–H groups in total. The summed E-state index contributed by atoms with van der Waals surface area (Å²) in [5.74, 6) is 0.135. The van der Waals surface area contributed by atoms with E-state index >= 15 is 0 Å². The van der Waals surface area contributed by atoms with Crippen LogP contribution in [0.3, 0.4) is 0 Å². The highest BCUT2D eigenvalue weighted by Crippen LogP contribution is 2.01. The molecule has 0 aliphatic heterocycles. The van der Waals surface area contributed by atoms with Crippen LogP contribution in [-0.4, -0.2) is 30.4 Å². The average Bonchev–Trinajstić information content (AvgIpc) is 2.19. The van der Waals surface area contributed by atoms with E-state index in [4.69, 9.17) is 11.0 Å². The molecule has 0 spiro atoms. The minimum atomic E-state index is 0.135. The first-order chi connectivity index (χ1) is 6.76. The average molecular weight is 197 g/mol. The van der Waals surface area contributed by atoms with Crippen molar-refractivity contribution in [2.24, 2.45) is 5.73 Å². The lowest BCUT2D eigenvalue weighted by Crippen LogP contribution is -2.31. The van der Waals surface area contributed by atoms with E-state index < -0.39 is 0 Å². The molecule has 0 aromatic rings. The lowest BCUT2D eigenvalue weighted by Gasteiger charge is -2.19. The molecule has 0 aromatic carbocycles. The Morgan fingerprint density at radius 2 is 2.21 bits per heavy atom. The Morgan fingerprint density at radius 1 is 1.50 bits per heavy atom. The van der Waals surface area contributed by atoms with Gasteiger partial charge in [-0.25, -0.2) is 0 Å². The van der Waals surface area contributed by atoms with Crippen molar-refractivity contribution in [3.8, 4) is 6.07 Å². The summed E-state index contributed by atoms with van der Waals surface area (Å²) in [5, 5.41) is 8.40. The van der Waals surface area contributed by atoms with Gasteiger partial charge in [0.25, 0.3) is 0 Å². The Labute approximate surface area is 85.7 Å². The summed E-state index contributed by atoms with van der Waals surface area (Å²) >= 11 is 0. The third kappa shape index (κ3) is 5.55. The second-order valence-electron chi connectivity index (χ2n) is 3.13. The molecule has 0 bridgehead atoms. The molecule has 4 nitrogen and oxygen atoms in total. The van der Waals surface area contributed by atoms with Crippen LogP contribution in [0.5, 0.6) is 0 Å². The molecular formula is C10H19N3O. The first-order valence-electron chi connectivity index (χ1n) is 5.11. The third-order valence-corrected chi connectivity index (χ3v) is 2.07. The summed E-state index contributed by atoms with van der Waals surface area (Å²) in [7, 11) is 0. The fourth-order valence-corrected chi connectivity index (χ4v) is 1.22. The molecule has 14 heavy (non-hydrogen) atoms. The van der Waals surface area contributed by atoms with Crippen LogP contribution in [0, 0.1) is 11.3 Å². The van der Waals surface area contributed by atoms with Gasteiger partial charge in [-0.2, -0.15) is 5.26 Å². The SMILES string of the molecule is CCN(CCC#N)C(=O)CCCCN. The van der Waals surface area contributed by atoms with Gasteiger partial charge in [0.1, 0.15) is 0 Å². The molecule has 4 heteroatoms. The van der Waals surface area contributed by atoms with Gasteiger partial charge in [-0.05, 0) is 26.3 Å². The number of carbonyl (C=O) groups is 1. The number of nitriles is 1. The van der Waals surface area contributed by atoms with Gasteiger partial charge in [-0.1, -0.05) is 0 Å². The van der Waals surface area contributed by atoms with Gasteiger partial charge in [0.05, 0.1) is 12.5 Å². The maximum Gasteiger partial charge on any atom is 0.222 e.